The van der Waals surface area contributed by atoms with Gasteiger partial charge in [-0.15, -0.1) is 0 Å². The molecule has 0 spiro atoms. The van der Waals surface area contributed by atoms with Crippen molar-refractivity contribution in [1.82, 2.24) is 25.5 Å². The molecule has 1 saturated heterocycles. The van der Waals surface area contributed by atoms with Crippen molar-refractivity contribution in [2.24, 2.45) is 0 Å². The van der Waals surface area contributed by atoms with Crippen LogP contribution in [0.15, 0.2) is 31.1 Å². The molecule has 2 aromatic heterocycles. The molecule has 0 bridgehead atoms. The summed E-state index contributed by atoms with van der Waals surface area (Å²) in [5.74, 6) is -0.993. The van der Waals surface area contributed by atoms with E-state index in [1.807, 2.05) is 0 Å². The van der Waals surface area contributed by atoms with Gasteiger partial charge in [0.1, 0.15) is 11.7 Å². The summed E-state index contributed by atoms with van der Waals surface area (Å²) in [6.45, 7) is 7.05. The van der Waals surface area contributed by atoms with E-state index < -0.39 is 24.3 Å². The SMILES string of the molecule is C=CC(=O)Nc1ccnc2[nH]cc(CC3CC(O)CN3C(=O)C(NC(=O)C(C)NC)C(C)OC)c12. The van der Waals surface area contributed by atoms with Crippen molar-refractivity contribution < 1.29 is 24.2 Å². The van der Waals surface area contributed by atoms with Crippen molar-refractivity contribution >= 4 is 34.4 Å². The third-order valence-corrected chi connectivity index (χ3v) is 6.46. The molecule has 3 rings (SSSR count). The summed E-state index contributed by atoms with van der Waals surface area (Å²) >= 11 is 0. The molecular formula is C24H34N6O5. The minimum absolute atomic E-state index is 0.147. The molecule has 5 N–H and O–H groups in total. The van der Waals surface area contributed by atoms with E-state index in [1.165, 1.54) is 13.2 Å². The van der Waals surface area contributed by atoms with Crippen molar-refractivity contribution in [3.8, 4) is 0 Å². The zero-order valence-electron chi connectivity index (χ0n) is 20.5. The van der Waals surface area contributed by atoms with Crippen LogP contribution in [0.5, 0.6) is 0 Å². The number of nitrogens with one attached hydrogen (secondary N) is 4. The van der Waals surface area contributed by atoms with Gasteiger partial charge in [0, 0.05) is 37.5 Å². The first-order chi connectivity index (χ1) is 16.7. The van der Waals surface area contributed by atoms with Gasteiger partial charge in [-0.05, 0) is 51.4 Å². The largest absolute Gasteiger partial charge is 0.391 e. The number of hydrogen-bond donors (Lipinski definition) is 5. The van der Waals surface area contributed by atoms with E-state index in [1.54, 1.807) is 44.3 Å². The standard InChI is InChI=1S/C24H34N6O5/c1-6-19(32)28-18-7-8-26-22-20(18)15(11-27-22)9-16-10-17(31)12-30(16)24(34)21(14(3)35-5)29-23(33)13(2)25-4/h6-8,11,13-14,16-17,21,25,31H,1,9-10,12H2,2-5H3,(H,29,33)(H2,26,27,28,32). The first-order valence-corrected chi connectivity index (χ1v) is 11.6. The molecule has 1 fully saturated rings. The minimum atomic E-state index is -0.914. The number of carbonyl (C=O) groups is 3. The van der Waals surface area contributed by atoms with Crippen LogP contribution in [0.2, 0.25) is 0 Å². The molecule has 35 heavy (non-hydrogen) atoms. The number of H-pyrrole nitrogens is 1. The van der Waals surface area contributed by atoms with E-state index in [0.29, 0.717) is 24.2 Å². The first-order valence-electron chi connectivity index (χ1n) is 11.6. The van der Waals surface area contributed by atoms with Crippen molar-refractivity contribution in [2.75, 3.05) is 26.0 Å². The number of hydrogen-bond acceptors (Lipinski definition) is 7. The Hall–Kier alpha value is -3.28. The lowest BCUT2D eigenvalue weighted by atomic mass is 10.0. The molecular weight excluding hydrogens is 452 g/mol. The number of pyridine rings is 1. The van der Waals surface area contributed by atoms with Crippen molar-refractivity contribution in [2.45, 2.75) is 57.0 Å². The lowest BCUT2D eigenvalue weighted by Crippen LogP contribution is -2.58. The molecule has 5 unspecified atom stereocenters. The van der Waals surface area contributed by atoms with Gasteiger partial charge in [0.05, 0.1) is 23.9 Å². The van der Waals surface area contributed by atoms with Gasteiger partial charge in [0.2, 0.25) is 17.7 Å². The summed E-state index contributed by atoms with van der Waals surface area (Å²) < 4.78 is 5.39. The van der Waals surface area contributed by atoms with Crippen molar-refractivity contribution in [1.29, 1.82) is 0 Å². The molecule has 0 saturated carbocycles. The number of aliphatic hydroxyl groups excluding tert-OH is 1. The summed E-state index contributed by atoms with van der Waals surface area (Å²) in [4.78, 5) is 47.1. The summed E-state index contributed by atoms with van der Waals surface area (Å²) in [5.41, 5.74) is 2.01. The molecule has 2 aromatic rings. The van der Waals surface area contributed by atoms with Gasteiger partial charge in [-0.2, -0.15) is 0 Å². The third kappa shape index (κ3) is 5.87. The number of ether oxygens (including phenoxy) is 1. The molecule has 5 atom stereocenters. The summed E-state index contributed by atoms with van der Waals surface area (Å²) in [6, 6.07) is -0.0346. The number of likely N-dealkylation sites (N-methyl/N-ethyl adjacent to an activating group) is 1. The van der Waals surface area contributed by atoms with Gasteiger partial charge >= 0.3 is 0 Å². The second-order valence-electron chi connectivity index (χ2n) is 8.76. The smallest absolute Gasteiger partial charge is 0.248 e. The Kier molecular flexibility index (Phi) is 8.60. The van der Waals surface area contributed by atoms with Crippen LogP contribution >= 0.6 is 0 Å². The Balaban J connectivity index is 1.88. The Bertz CT molecular complexity index is 1090. The fourth-order valence-electron chi connectivity index (χ4n) is 4.29. The van der Waals surface area contributed by atoms with Crippen LogP contribution in [0.25, 0.3) is 11.0 Å². The number of rotatable bonds is 10. The van der Waals surface area contributed by atoms with Crippen LogP contribution in [0.1, 0.15) is 25.8 Å². The van der Waals surface area contributed by atoms with E-state index in [4.69, 9.17) is 4.74 Å². The number of β-amino-alcohol motifs (C(OH)–C–C–N with tert-alkyl or cyclic N) is 1. The van der Waals surface area contributed by atoms with Crippen molar-refractivity contribution in [3.05, 3.63) is 36.7 Å². The number of amides is 3. The number of likely N-dealkylation sites (tertiary alicyclic amines) is 1. The van der Waals surface area contributed by atoms with Gasteiger partial charge in [0.25, 0.3) is 0 Å². The summed E-state index contributed by atoms with van der Waals surface area (Å²) in [7, 11) is 3.14. The van der Waals surface area contributed by atoms with Crippen molar-refractivity contribution in [3.63, 3.8) is 0 Å². The van der Waals surface area contributed by atoms with E-state index in [-0.39, 0.29) is 30.3 Å². The number of aromatic nitrogens is 2. The Labute approximate surface area is 204 Å². The molecule has 11 nitrogen and oxygen atoms in total. The van der Waals surface area contributed by atoms with Gasteiger partial charge in [-0.25, -0.2) is 4.98 Å². The van der Waals surface area contributed by atoms with E-state index in [9.17, 15) is 19.5 Å². The maximum atomic E-state index is 13.6. The normalized spacial score (nSPS) is 20.3. The van der Waals surface area contributed by atoms with Gasteiger partial charge in [0.15, 0.2) is 0 Å². The Morgan fingerprint density at radius 2 is 2.14 bits per heavy atom. The highest BCUT2D eigenvalue weighted by atomic mass is 16.5. The highest BCUT2D eigenvalue weighted by Gasteiger charge is 2.40. The monoisotopic (exact) mass is 486 g/mol. The lowest BCUT2D eigenvalue weighted by molar-refractivity contribution is -0.141. The van der Waals surface area contributed by atoms with Gasteiger partial charge < -0.3 is 35.7 Å². The van der Waals surface area contributed by atoms with Crippen LogP contribution in [-0.4, -0.2) is 88.7 Å². The Morgan fingerprint density at radius 1 is 1.40 bits per heavy atom. The average Bonchev–Trinajstić information content (AvgIpc) is 3.44. The second-order valence-corrected chi connectivity index (χ2v) is 8.76. The maximum absolute atomic E-state index is 13.6. The van der Waals surface area contributed by atoms with Crippen LogP contribution in [0.3, 0.4) is 0 Å². The molecule has 1 aliphatic rings. The van der Waals surface area contributed by atoms with Crippen LogP contribution in [0.4, 0.5) is 5.69 Å². The number of anilines is 1. The molecule has 0 radical (unpaired) electrons. The van der Waals surface area contributed by atoms with Gasteiger partial charge in [-0.1, -0.05) is 6.58 Å². The number of fused-ring (bicyclic) bond motifs is 1. The number of nitrogens with zero attached hydrogens (tertiary/aromatic N) is 2. The number of aromatic amines is 1. The minimum Gasteiger partial charge on any atom is -0.391 e. The fraction of sp³-hybridized carbons (Fsp3) is 0.500. The molecule has 0 aromatic carbocycles. The molecule has 11 heteroatoms. The number of aliphatic hydroxyl groups is 1. The first kappa shape index (κ1) is 26.3. The quantitative estimate of drug-likeness (QED) is 0.304. The van der Waals surface area contributed by atoms with Gasteiger partial charge in [-0.3, -0.25) is 14.4 Å². The summed E-state index contributed by atoms with van der Waals surface area (Å²) in [5, 5.41) is 19.6. The summed E-state index contributed by atoms with van der Waals surface area (Å²) in [6.07, 6.45) is 4.08. The van der Waals surface area contributed by atoms with E-state index in [2.05, 4.69) is 32.5 Å². The predicted molar refractivity (Wildman–Crippen MR) is 132 cm³/mol. The molecule has 3 heterocycles. The maximum Gasteiger partial charge on any atom is 0.248 e. The molecule has 190 valence electrons. The number of carbonyl (C=O) groups excluding carboxylic acids is 3. The third-order valence-electron chi connectivity index (χ3n) is 6.46. The zero-order chi connectivity index (χ0) is 25.7. The predicted octanol–water partition coefficient (Wildman–Crippen LogP) is 0.319. The molecule has 0 aliphatic carbocycles. The zero-order valence-corrected chi connectivity index (χ0v) is 20.5. The van der Waals surface area contributed by atoms with Crippen LogP contribution in [-0.2, 0) is 25.5 Å². The number of methoxy groups -OCH3 is 1. The fourth-order valence-corrected chi connectivity index (χ4v) is 4.29. The van der Waals surface area contributed by atoms with Crippen LogP contribution in [0, 0.1) is 0 Å². The van der Waals surface area contributed by atoms with E-state index >= 15 is 0 Å². The highest BCUT2D eigenvalue weighted by molar-refractivity contribution is 6.05. The van der Waals surface area contributed by atoms with Crippen LogP contribution < -0.4 is 16.0 Å². The second kappa shape index (κ2) is 11.4. The highest BCUT2D eigenvalue weighted by Crippen LogP contribution is 2.30. The molecule has 3 amide bonds. The van der Waals surface area contributed by atoms with E-state index in [0.717, 1.165) is 10.9 Å². The molecule has 1 aliphatic heterocycles. The topological polar surface area (TPSA) is 149 Å². The average molecular weight is 487 g/mol. The lowest BCUT2D eigenvalue weighted by Gasteiger charge is -2.32. The Morgan fingerprint density at radius 3 is 2.80 bits per heavy atom.